The largest absolute Gasteiger partial charge is 0.495 e. The Kier molecular flexibility index (Phi) is 16.4. The Morgan fingerprint density at radius 3 is 2.40 bits per heavy atom. The summed E-state index contributed by atoms with van der Waals surface area (Å²) < 4.78 is 24.1. The van der Waals surface area contributed by atoms with Crippen molar-refractivity contribution < 1.29 is 28.4 Å². The smallest absolute Gasteiger partial charge is 0.320 e. The van der Waals surface area contributed by atoms with E-state index in [4.69, 9.17) is 43.6 Å². The molecule has 0 fully saturated rings. The molecule has 2 aromatic carbocycles. The molecule has 0 aliphatic carbocycles. The Balaban J connectivity index is 0.000000426. The summed E-state index contributed by atoms with van der Waals surface area (Å²) >= 11 is 13.6. The van der Waals surface area contributed by atoms with Gasteiger partial charge in [-0.1, -0.05) is 61.3 Å². The summed E-state index contributed by atoms with van der Waals surface area (Å²) in [5.41, 5.74) is 6.83. The first-order valence-electron chi connectivity index (χ1n) is 14.2. The summed E-state index contributed by atoms with van der Waals surface area (Å²) in [5, 5.41) is 13.6. The van der Waals surface area contributed by atoms with Crippen molar-refractivity contribution in [3.05, 3.63) is 81.5 Å². The number of hydrogen-bond acceptors (Lipinski definition) is 8. The first kappa shape index (κ1) is 38.0. The van der Waals surface area contributed by atoms with E-state index in [1.54, 1.807) is 18.2 Å². The number of nitrogens with one attached hydrogen (secondary N) is 2. The fourth-order valence-corrected chi connectivity index (χ4v) is 6.91. The minimum Gasteiger partial charge on any atom is -0.495 e. The summed E-state index contributed by atoms with van der Waals surface area (Å²) in [6.45, 7) is 2.40. The lowest BCUT2D eigenvalue weighted by Gasteiger charge is -2.30. The second-order valence-corrected chi connectivity index (χ2v) is 14.1. The molecule has 0 radical (unpaired) electrons. The standard InChI is InChI=1S/C23H22Cl2N2O3S.C8H18N2O3S/c1-30-19-10-9-17(14-18(19)25)27(21(28)15-24)22(20-8-5-13-31-20)23(29)26-12-11-16-6-3-2-4-7-16;1-2-3-5-14(10,13)6-4-7(9)8(11)12/h2-10,13-14,22H,11-12,15H2,1H3,(H,26,29);7,10H,2-6,9H2,1H3,(H,11,12). The van der Waals surface area contributed by atoms with Gasteiger partial charge >= 0.3 is 5.97 Å². The van der Waals surface area contributed by atoms with Crippen LogP contribution < -0.4 is 20.7 Å². The molecule has 3 aromatic rings. The Bertz CT molecular complexity index is 1470. The molecule has 1 heterocycles. The second-order valence-electron chi connectivity index (χ2n) is 9.97. The molecule has 14 heteroatoms. The van der Waals surface area contributed by atoms with Gasteiger partial charge in [0.05, 0.1) is 12.1 Å². The number of hydrogen-bond donors (Lipinski definition) is 4. The van der Waals surface area contributed by atoms with Gasteiger partial charge in [-0.2, -0.15) is 0 Å². The highest BCUT2D eigenvalue weighted by Crippen LogP contribution is 2.35. The Morgan fingerprint density at radius 2 is 1.84 bits per heavy atom. The molecule has 1 aromatic heterocycles. The number of ether oxygens (including phenoxy) is 1. The average Bonchev–Trinajstić information content (AvgIpc) is 3.56. The number of methoxy groups -OCH3 is 1. The van der Waals surface area contributed by atoms with Crippen LogP contribution >= 0.6 is 34.5 Å². The lowest BCUT2D eigenvalue weighted by molar-refractivity contribution is -0.138. The van der Waals surface area contributed by atoms with E-state index in [-0.39, 0.29) is 24.0 Å². The van der Waals surface area contributed by atoms with Gasteiger partial charge in [0, 0.05) is 38.3 Å². The van der Waals surface area contributed by atoms with Crippen molar-refractivity contribution in [1.82, 2.24) is 5.32 Å². The number of nitrogens with two attached hydrogens (primary N) is 1. The predicted octanol–water partition coefficient (Wildman–Crippen LogP) is 5.72. The highest BCUT2D eigenvalue weighted by atomic mass is 35.5. The summed E-state index contributed by atoms with van der Waals surface area (Å²) in [6, 6.07) is 16.6. The monoisotopic (exact) mass is 698 g/mol. The molecule has 3 rings (SSSR count). The SMILES string of the molecule is CCCCS(=N)(=O)CCC(N)C(=O)O.COc1ccc(N(C(=O)CCl)C(C(=O)NCCc2ccccc2)c2cccs2)cc1Cl. The number of alkyl halides is 1. The Hall–Kier alpha value is -3.16. The molecular formula is C31H40Cl2N4O6S2. The minimum atomic E-state index is -2.62. The van der Waals surface area contributed by atoms with Gasteiger partial charge in [-0.15, -0.1) is 22.9 Å². The van der Waals surface area contributed by atoms with Gasteiger partial charge in [-0.3, -0.25) is 24.1 Å². The maximum Gasteiger partial charge on any atom is 0.320 e. The number of carboxylic acid groups (broad SMARTS) is 1. The molecular weight excluding hydrogens is 659 g/mol. The van der Waals surface area contributed by atoms with Crippen LogP contribution in [-0.4, -0.2) is 64.2 Å². The third kappa shape index (κ3) is 12.6. The Labute approximate surface area is 278 Å². The van der Waals surface area contributed by atoms with Gasteiger partial charge in [0.25, 0.3) is 0 Å². The van der Waals surface area contributed by atoms with E-state index < -0.39 is 33.7 Å². The second kappa shape index (κ2) is 19.4. The molecule has 246 valence electrons. The Morgan fingerprint density at radius 1 is 1.13 bits per heavy atom. The van der Waals surface area contributed by atoms with Gasteiger partial charge in [0.15, 0.2) is 0 Å². The van der Waals surface area contributed by atoms with Gasteiger partial charge < -0.3 is 20.9 Å². The number of unbranched alkanes of at least 4 members (excludes halogenated alkanes) is 1. The number of carbonyl (C=O) groups excluding carboxylic acids is 2. The number of aliphatic carboxylic acids is 1. The van der Waals surface area contributed by atoms with Crippen molar-refractivity contribution >= 4 is 67.7 Å². The van der Waals surface area contributed by atoms with Crippen molar-refractivity contribution in [2.24, 2.45) is 5.73 Å². The summed E-state index contributed by atoms with van der Waals surface area (Å²) in [7, 11) is -1.10. The van der Waals surface area contributed by atoms with E-state index in [1.165, 1.54) is 23.3 Å². The molecule has 0 aliphatic heterocycles. The van der Waals surface area contributed by atoms with E-state index in [1.807, 2.05) is 54.8 Å². The molecule has 0 aliphatic rings. The molecule has 3 unspecified atom stereocenters. The van der Waals surface area contributed by atoms with Crippen LogP contribution in [0, 0.1) is 4.78 Å². The van der Waals surface area contributed by atoms with Crippen molar-refractivity contribution in [3.63, 3.8) is 0 Å². The third-order valence-corrected chi connectivity index (χ3v) is 9.87. The lowest BCUT2D eigenvalue weighted by Crippen LogP contribution is -2.44. The van der Waals surface area contributed by atoms with Crippen molar-refractivity contribution in [2.45, 2.75) is 44.7 Å². The van der Waals surface area contributed by atoms with Gasteiger partial charge in [0.2, 0.25) is 11.8 Å². The quantitative estimate of drug-likeness (QED) is 0.139. The fraction of sp³-hybridized carbons (Fsp3) is 0.387. The van der Waals surface area contributed by atoms with Crippen LogP contribution in [0.4, 0.5) is 5.69 Å². The maximum atomic E-state index is 13.3. The topological polar surface area (TPSA) is 163 Å². The zero-order valence-electron chi connectivity index (χ0n) is 25.2. The molecule has 0 saturated heterocycles. The summed E-state index contributed by atoms with van der Waals surface area (Å²) in [6.07, 6.45) is 2.43. The number of amides is 2. The van der Waals surface area contributed by atoms with E-state index in [0.717, 1.165) is 23.3 Å². The van der Waals surface area contributed by atoms with Crippen molar-refractivity contribution in [3.8, 4) is 5.75 Å². The first-order chi connectivity index (χ1) is 21.4. The minimum absolute atomic E-state index is 0.0838. The molecule has 0 saturated carbocycles. The summed E-state index contributed by atoms with van der Waals surface area (Å²) in [5.74, 6) is -1.17. The predicted molar refractivity (Wildman–Crippen MR) is 182 cm³/mol. The zero-order chi connectivity index (χ0) is 33.4. The normalized spacial score (nSPS) is 13.4. The zero-order valence-corrected chi connectivity index (χ0v) is 28.4. The number of nitrogens with zero attached hydrogens (tertiary/aromatic N) is 1. The molecule has 2 amide bonds. The number of halogens is 2. The van der Waals surface area contributed by atoms with Crippen LogP contribution in [0.15, 0.2) is 66.0 Å². The highest BCUT2D eigenvalue weighted by Gasteiger charge is 2.33. The van der Waals surface area contributed by atoms with E-state index in [2.05, 4.69) is 5.32 Å². The lowest BCUT2D eigenvalue weighted by atomic mass is 10.1. The van der Waals surface area contributed by atoms with Crippen molar-refractivity contribution in [2.75, 3.05) is 35.9 Å². The van der Waals surface area contributed by atoms with Crippen LogP contribution in [0.3, 0.4) is 0 Å². The molecule has 0 spiro atoms. The number of rotatable bonds is 16. The molecule has 5 N–H and O–H groups in total. The number of carboxylic acids is 1. The van der Waals surface area contributed by atoms with Crippen molar-refractivity contribution in [1.29, 1.82) is 4.78 Å². The number of anilines is 1. The maximum absolute atomic E-state index is 13.3. The van der Waals surface area contributed by atoms with Crippen LogP contribution in [0.5, 0.6) is 5.75 Å². The molecule has 0 bridgehead atoms. The summed E-state index contributed by atoms with van der Waals surface area (Å²) in [4.78, 5) is 38.6. The molecule has 45 heavy (non-hydrogen) atoms. The number of carbonyl (C=O) groups is 3. The van der Waals surface area contributed by atoms with Gasteiger partial charge in [0.1, 0.15) is 23.7 Å². The van der Waals surface area contributed by atoms with E-state index in [9.17, 15) is 18.6 Å². The van der Waals surface area contributed by atoms with Gasteiger partial charge in [-0.25, -0.2) is 4.21 Å². The highest BCUT2D eigenvalue weighted by molar-refractivity contribution is 7.92. The number of thiophene rings is 1. The number of benzene rings is 2. The first-order valence-corrected chi connectivity index (χ1v) is 17.9. The van der Waals surface area contributed by atoms with E-state index >= 15 is 0 Å². The van der Waals surface area contributed by atoms with Crippen LogP contribution in [0.1, 0.15) is 42.7 Å². The fourth-order valence-electron chi connectivity index (χ4n) is 4.12. The van der Waals surface area contributed by atoms with E-state index in [0.29, 0.717) is 35.2 Å². The van der Waals surface area contributed by atoms with Crippen LogP contribution in [0.2, 0.25) is 5.02 Å². The third-order valence-electron chi connectivity index (χ3n) is 6.57. The molecule has 3 atom stereocenters. The van der Waals surface area contributed by atoms with Crippen LogP contribution in [-0.2, 0) is 30.5 Å². The van der Waals surface area contributed by atoms with Gasteiger partial charge in [-0.05, 0) is 54.5 Å². The average molecular weight is 700 g/mol. The van der Waals surface area contributed by atoms with Crippen LogP contribution in [0.25, 0.3) is 0 Å². The molecule has 10 nitrogen and oxygen atoms in total.